The van der Waals surface area contributed by atoms with Gasteiger partial charge < -0.3 is 39.4 Å². The number of hydrogen-bond acceptors (Lipinski definition) is 9. The molecule has 4 N–H and O–H groups in total. The van der Waals surface area contributed by atoms with E-state index in [0.717, 1.165) is 0 Å². The normalized spacial score (nSPS) is 28.8. The van der Waals surface area contributed by atoms with E-state index >= 15 is 0 Å². The Hall–Kier alpha value is -2.17. The Morgan fingerprint density at radius 3 is 2.19 bits per heavy atom. The maximum absolute atomic E-state index is 10.5. The van der Waals surface area contributed by atoms with Gasteiger partial charge in [-0.2, -0.15) is 0 Å². The number of carbonyl (C=O) groups excluding carboxylic acids is 1. The summed E-state index contributed by atoms with van der Waals surface area (Å²) in [5.41, 5.74) is 0.604. The van der Waals surface area contributed by atoms with Crippen LogP contribution < -0.4 is 14.2 Å². The van der Waals surface area contributed by atoms with E-state index < -0.39 is 37.3 Å². The maximum atomic E-state index is 10.5. The summed E-state index contributed by atoms with van der Waals surface area (Å²) in [6.45, 7) is -0.575. The topological polar surface area (TPSA) is 135 Å². The predicted octanol–water partition coefficient (Wildman–Crippen LogP) is -0.905. The largest absolute Gasteiger partial charge is 0.493 e. The van der Waals surface area contributed by atoms with E-state index in [2.05, 4.69) is 0 Å². The summed E-state index contributed by atoms with van der Waals surface area (Å²) >= 11 is 0. The standard InChI is InChI=1S/C17H22O9/c1-23-10-6-9(4-3-5-18)7-11(24-2)16(10)26-17-15(22)14(21)13(20)12(8-19)25-17/h3-7,12-15,17,19-22H,8H2,1-2H3/b4-3+/t12-,13-,14+,15-,17?/m0/s1. The van der Waals surface area contributed by atoms with Crippen LogP contribution in [0.25, 0.3) is 6.08 Å². The number of benzene rings is 1. The number of hydrogen-bond donors (Lipinski definition) is 4. The van der Waals surface area contributed by atoms with Crippen LogP contribution in [0, 0.1) is 0 Å². The van der Waals surface area contributed by atoms with Gasteiger partial charge in [-0.05, 0) is 23.8 Å². The SMILES string of the molecule is COc1cc(/C=C/C=O)cc(OC)c1OC1O[C@@H](CO)[C@H](O)[C@@H](O)[C@@H]1O. The molecule has 1 aromatic rings. The Morgan fingerprint density at radius 1 is 1.08 bits per heavy atom. The van der Waals surface area contributed by atoms with Crippen LogP contribution in [0.5, 0.6) is 17.2 Å². The molecule has 1 fully saturated rings. The lowest BCUT2D eigenvalue weighted by molar-refractivity contribution is -0.277. The average Bonchev–Trinajstić information content (AvgIpc) is 2.66. The highest BCUT2D eigenvalue weighted by Crippen LogP contribution is 2.40. The van der Waals surface area contributed by atoms with Crippen LogP contribution >= 0.6 is 0 Å². The van der Waals surface area contributed by atoms with Gasteiger partial charge in [-0.1, -0.05) is 6.08 Å². The Bertz CT molecular complexity index is 618. The van der Waals surface area contributed by atoms with Gasteiger partial charge in [0.25, 0.3) is 0 Å². The van der Waals surface area contributed by atoms with Crippen LogP contribution in [0.15, 0.2) is 18.2 Å². The molecule has 2 rings (SSSR count). The first-order chi connectivity index (χ1) is 12.5. The van der Waals surface area contributed by atoms with Crippen molar-refractivity contribution < 1.29 is 44.2 Å². The average molecular weight is 370 g/mol. The first kappa shape index (κ1) is 20.1. The number of allylic oxidation sites excluding steroid dienone is 1. The lowest BCUT2D eigenvalue weighted by Gasteiger charge is -2.39. The van der Waals surface area contributed by atoms with Gasteiger partial charge in [0, 0.05) is 0 Å². The van der Waals surface area contributed by atoms with Crippen molar-refractivity contribution in [2.75, 3.05) is 20.8 Å². The lowest BCUT2D eigenvalue weighted by Crippen LogP contribution is -2.60. The van der Waals surface area contributed by atoms with Gasteiger partial charge in [0.15, 0.2) is 11.5 Å². The third-order valence-electron chi connectivity index (χ3n) is 3.93. The second-order valence-corrected chi connectivity index (χ2v) is 5.56. The van der Waals surface area contributed by atoms with Gasteiger partial charge >= 0.3 is 0 Å². The molecule has 0 aromatic heterocycles. The van der Waals surface area contributed by atoms with Crippen molar-refractivity contribution in [2.24, 2.45) is 0 Å². The van der Waals surface area contributed by atoms with Gasteiger partial charge in [-0.25, -0.2) is 0 Å². The molecule has 26 heavy (non-hydrogen) atoms. The minimum atomic E-state index is -1.57. The minimum absolute atomic E-state index is 0.0857. The molecule has 144 valence electrons. The molecule has 9 heteroatoms. The Morgan fingerprint density at radius 2 is 1.69 bits per heavy atom. The Labute approximate surface area is 150 Å². The minimum Gasteiger partial charge on any atom is -0.493 e. The number of aliphatic hydroxyl groups excluding tert-OH is 4. The first-order valence-electron chi connectivity index (χ1n) is 7.81. The summed E-state index contributed by atoms with van der Waals surface area (Å²) in [7, 11) is 2.78. The third kappa shape index (κ3) is 4.14. The molecular formula is C17H22O9. The summed E-state index contributed by atoms with van der Waals surface area (Å²) in [6.07, 6.45) is -3.67. The van der Waals surface area contributed by atoms with E-state index in [1.54, 1.807) is 12.1 Å². The van der Waals surface area contributed by atoms with Gasteiger partial charge in [0.05, 0.1) is 20.8 Å². The predicted molar refractivity (Wildman–Crippen MR) is 89.0 cm³/mol. The number of methoxy groups -OCH3 is 2. The zero-order valence-electron chi connectivity index (χ0n) is 14.3. The number of ether oxygens (including phenoxy) is 4. The second-order valence-electron chi connectivity index (χ2n) is 5.56. The van der Waals surface area contributed by atoms with Crippen molar-refractivity contribution in [2.45, 2.75) is 30.7 Å². The monoisotopic (exact) mass is 370 g/mol. The van der Waals surface area contributed by atoms with Crippen molar-refractivity contribution in [1.29, 1.82) is 0 Å². The zero-order valence-corrected chi connectivity index (χ0v) is 14.3. The number of rotatable bonds is 7. The number of aliphatic hydroxyl groups is 4. The van der Waals surface area contributed by atoms with E-state index in [0.29, 0.717) is 11.8 Å². The summed E-state index contributed by atoms with van der Waals surface area (Å²) in [5.74, 6) is 0.543. The van der Waals surface area contributed by atoms with E-state index in [1.807, 2.05) is 0 Å². The second kappa shape index (κ2) is 8.97. The van der Waals surface area contributed by atoms with E-state index in [-0.39, 0.29) is 17.2 Å². The highest BCUT2D eigenvalue weighted by atomic mass is 16.7. The van der Waals surface area contributed by atoms with Gasteiger partial charge in [-0.15, -0.1) is 0 Å². The summed E-state index contributed by atoms with van der Waals surface area (Å²) < 4.78 is 21.5. The van der Waals surface area contributed by atoms with Crippen LogP contribution in [-0.4, -0.2) is 78.2 Å². The van der Waals surface area contributed by atoms with Gasteiger partial charge in [-0.3, -0.25) is 4.79 Å². The van der Waals surface area contributed by atoms with Crippen LogP contribution in [0.2, 0.25) is 0 Å². The van der Waals surface area contributed by atoms with Crippen LogP contribution in [0.4, 0.5) is 0 Å². The van der Waals surface area contributed by atoms with Crippen LogP contribution in [0.3, 0.4) is 0 Å². The Balaban J connectivity index is 2.35. The van der Waals surface area contributed by atoms with Crippen molar-refractivity contribution in [3.8, 4) is 17.2 Å². The quantitative estimate of drug-likeness (QED) is 0.355. The lowest BCUT2D eigenvalue weighted by atomic mass is 9.99. The molecule has 0 spiro atoms. The summed E-state index contributed by atoms with van der Waals surface area (Å²) in [5, 5.41) is 39.0. The highest BCUT2D eigenvalue weighted by molar-refractivity contribution is 5.75. The summed E-state index contributed by atoms with van der Waals surface area (Å²) in [4.78, 5) is 10.5. The smallest absolute Gasteiger partial charge is 0.229 e. The molecule has 1 aromatic carbocycles. The molecule has 1 aliphatic heterocycles. The van der Waals surface area contributed by atoms with E-state index in [4.69, 9.17) is 18.9 Å². The van der Waals surface area contributed by atoms with E-state index in [9.17, 15) is 25.2 Å². The van der Waals surface area contributed by atoms with Crippen LogP contribution in [0.1, 0.15) is 5.56 Å². The van der Waals surface area contributed by atoms with Crippen molar-refractivity contribution >= 4 is 12.4 Å². The third-order valence-corrected chi connectivity index (χ3v) is 3.93. The molecule has 1 heterocycles. The van der Waals surface area contributed by atoms with Gasteiger partial charge in [0.1, 0.15) is 30.7 Å². The fourth-order valence-corrected chi connectivity index (χ4v) is 2.54. The molecule has 0 bridgehead atoms. The van der Waals surface area contributed by atoms with Crippen molar-refractivity contribution in [1.82, 2.24) is 0 Å². The zero-order chi connectivity index (χ0) is 19.3. The molecular weight excluding hydrogens is 348 g/mol. The van der Waals surface area contributed by atoms with Gasteiger partial charge in [0.2, 0.25) is 12.0 Å². The number of carbonyl (C=O) groups is 1. The van der Waals surface area contributed by atoms with Crippen molar-refractivity contribution in [3.63, 3.8) is 0 Å². The highest BCUT2D eigenvalue weighted by Gasteiger charge is 2.45. The molecule has 1 unspecified atom stereocenters. The Kier molecular flexibility index (Phi) is 6.95. The molecule has 5 atom stereocenters. The fourth-order valence-electron chi connectivity index (χ4n) is 2.54. The molecule has 0 aliphatic carbocycles. The molecule has 0 saturated carbocycles. The molecule has 9 nitrogen and oxygen atoms in total. The molecule has 0 radical (unpaired) electrons. The fraction of sp³-hybridized carbons (Fsp3) is 0.471. The number of aldehydes is 1. The molecule has 1 aliphatic rings. The van der Waals surface area contributed by atoms with Crippen LogP contribution in [-0.2, 0) is 9.53 Å². The van der Waals surface area contributed by atoms with Crippen molar-refractivity contribution in [3.05, 3.63) is 23.8 Å². The van der Waals surface area contributed by atoms with E-state index in [1.165, 1.54) is 26.4 Å². The maximum Gasteiger partial charge on any atom is 0.229 e. The molecule has 1 saturated heterocycles. The summed E-state index contributed by atoms with van der Waals surface area (Å²) in [6, 6.07) is 3.14. The first-order valence-corrected chi connectivity index (χ1v) is 7.81. The molecule has 0 amide bonds.